The Kier molecular flexibility index (Phi) is 2.68. The van der Waals surface area contributed by atoms with Crippen LogP contribution in [-0.4, -0.2) is 10.2 Å². The number of rotatable bonds is 3. The predicted octanol–water partition coefficient (Wildman–Crippen LogP) is 2.22. The number of nitrogens with zero attached hydrogens (tertiary/aromatic N) is 2. The van der Waals surface area contributed by atoms with Crippen LogP contribution in [0, 0.1) is 0 Å². The zero-order chi connectivity index (χ0) is 11.7. The number of thiophene rings is 1. The number of nitrogens with two attached hydrogens (primary N) is 1. The molecule has 17 heavy (non-hydrogen) atoms. The van der Waals surface area contributed by atoms with Crippen molar-refractivity contribution in [3.05, 3.63) is 33.5 Å². The molecule has 88 valence electrons. The lowest BCUT2D eigenvalue weighted by Crippen LogP contribution is -2.02. The lowest BCUT2D eigenvalue weighted by molar-refractivity contribution is 0.913. The van der Waals surface area contributed by atoms with Crippen LogP contribution in [0.5, 0.6) is 0 Å². The Bertz CT molecular complexity index is 496. The molecule has 0 saturated carbocycles. The number of aromatic nitrogens is 2. The average molecular weight is 246 g/mol. The van der Waals surface area contributed by atoms with Crippen LogP contribution in [0.15, 0.2) is 18.2 Å². The predicted molar refractivity (Wildman–Crippen MR) is 70.1 cm³/mol. The lowest BCUT2D eigenvalue weighted by Gasteiger charge is -2.02. The van der Waals surface area contributed by atoms with Crippen LogP contribution in [0.25, 0.3) is 0 Å². The number of anilines is 2. The summed E-state index contributed by atoms with van der Waals surface area (Å²) in [7, 11) is 0. The van der Waals surface area contributed by atoms with Gasteiger partial charge in [0, 0.05) is 9.75 Å². The van der Waals surface area contributed by atoms with Crippen molar-refractivity contribution in [1.29, 1.82) is 0 Å². The molecule has 3 rings (SSSR count). The molecule has 0 atom stereocenters. The van der Waals surface area contributed by atoms with Gasteiger partial charge < -0.3 is 11.1 Å². The topological polar surface area (TPSA) is 63.8 Å². The third-order valence-electron chi connectivity index (χ3n) is 2.93. The average Bonchev–Trinajstić information content (AvgIpc) is 2.88. The summed E-state index contributed by atoms with van der Waals surface area (Å²) in [6.07, 6.45) is 3.81. The highest BCUT2D eigenvalue weighted by Gasteiger charge is 2.14. The lowest BCUT2D eigenvalue weighted by atomic mass is 10.2. The maximum Gasteiger partial charge on any atom is 0.149 e. The summed E-state index contributed by atoms with van der Waals surface area (Å²) in [5.74, 6) is 1.22. The quantitative estimate of drug-likeness (QED) is 0.871. The van der Waals surface area contributed by atoms with E-state index in [1.165, 1.54) is 29.7 Å². The van der Waals surface area contributed by atoms with Gasteiger partial charge in [-0.2, -0.15) is 0 Å². The number of nitrogen functional groups attached to an aromatic ring is 1. The molecule has 0 aliphatic heterocycles. The largest absolute Gasteiger partial charge is 0.382 e. The number of aryl methyl sites for hydroxylation is 2. The molecule has 1 aliphatic carbocycles. The summed E-state index contributed by atoms with van der Waals surface area (Å²) >= 11 is 1.91. The first-order valence-electron chi connectivity index (χ1n) is 5.75. The summed E-state index contributed by atoms with van der Waals surface area (Å²) in [6.45, 7) is 0.816. The zero-order valence-corrected chi connectivity index (χ0v) is 10.3. The van der Waals surface area contributed by atoms with Crippen LogP contribution in [0.3, 0.4) is 0 Å². The van der Waals surface area contributed by atoms with Crippen molar-refractivity contribution in [1.82, 2.24) is 10.2 Å². The Morgan fingerprint density at radius 1 is 1.29 bits per heavy atom. The van der Waals surface area contributed by atoms with Gasteiger partial charge in [-0.05, 0) is 43.0 Å². The molecule has 4 nitrogen and oxygen atoms in total. The van der Waals surface area contributed by atoms with Crippen molar-refractivity contribution in [3.8, 4) is 0 Å². The summed E-state index contributed by atoms with van der Waals surface area (Å²) in [5, 5.41) is 11.0. The normalized spacial score (nSPS) is 13.6. The maximum absolute atomic E-state index is 5.48. The fraction of sp³-hybridized carbons (Fsp3) is 0.333. The highest BCUT2D eigenvalue weighted by molar-refractivity contribution is 7.12. The molecule has 0 spiro atoms. The van der Waals surface area contributed by atoms with E-state index in [4.69, 9.17) is 5.73 Å². The van der Waals surface area contributed by atoms with Crippen LogP contribution in [0.4, 0.5) is 11.6 Å². The first kappa shape index (κ1) is 10.5. The number of fused-ring (bicyclic) bond motifs is 1. The van der Waals surface area contributed by atoms with Gasteiger partial charge >= 0.3 is 0 Å². The minimum atomic E-state index is 0.450. The smallest absolute Gasteiger partial charge is 0.149 e. The van der Waals surface area contributed by atoms with E-state index in [9.17, 15) is 0 Å². The Labute approximate surface area is 104 Å². The molecule has 2 aromatic heterocycles. The Morgan fingerprint density at radius 3 is 3.00 bits per heavy atom. The first-order valence-corrected chi connectivity index (χ1v) is 6.56. The number of hydrogen-bond donors (Lipinski definition) is 2. The van der Waals surface area contributed by atoms with E-state index in [1.807, 2.05) is 17.4 Å². The second kappa shape index (κ2) is 4.33. The molecule has 0 unspecified atom stereocenters. The zero-order valence-electron chi connectivity index (χ0n) is 9.44. The van der Waals surface area contributed by atoms with Crippen molar-refractivity contribution < 1.29 is 0 Å². The number of nitrogens with one attached hydrogen (secondary N) is 1. The van der Waals surface area contributed by atoms with Crippen molar-refractivity contribution in [3.63, 3.8) is 0 Å². The monoisotopic (exact) mass is 246 g/mol. The van der Waals surface area contributed by atoms with E-state index in [-0.39, 0.29) is 0 Å². The van der Waals surface area contributed by atoms with E-state index in [0.717, 1.165) is 12.4 Å². The Hall–Kier alpha value is -1.62. The Morgan fingerprint density at radius 2 is 2.24 bits per heavy atom. The van der Waals surface area contributed by atoms with Gasteiger partial charge in [0.25, 0.3) is 0 Å². The molecular formula is C12H14N4S. The minimum Gasteiger partial charge on any atom is -0.382 e. The third kappa shape index (κ3) is 2.24. The van der Waals surface area contributed by atoms with Crippen LogP contribution in [0.2, 0.25) is 0 Å². The molecule has 0 radical (unpaired) electrons. The van der Waals surface area contributed by atoms with Gasteiger partial charge in [0.1, 0.15) is 11.6 Å². The van der Waals surface area contributed by atoms with Gasteiger partial charge in [-0.25, -0.2) is 0 Å². The van der Waals surface area contributed by atoms with Gasteiger partial charge in [-0.1, -0.05) is 0 Å². The fourth-order valence-electron chi connectivity index (χ4n) is 2.09. The van der Waals surface area contributed by atoms with Gasteiger partial charge in [0.15, 0.2) is 0 Å². The summed E-state index contributed by atoms with van der Waals surface area (Å²) in [6, 6.07) is 5.91. The summed E-state index contributed by atoms with van der Waals surface area (Å²) in [5.41, 5.74) is 7.02. The molecule has 0 amide bonds. The molecular weight excluding hydrogens is 232 g/mol. The van der Waals surface area contributed by atoms with E-state index in [1.54, 1.807) is 10.9 Å². The van der Waals surface area contributed by atoms with E-state index in [2.05, 4.69) is 21.6 Å². The molecule has 1 aliphatic rings. The van der Waals surface area contributed by atoms with E-state index < -0.39 is 0 Å². The Balaban J connectivity index is 1.65. The molecule has 0 fully saturated rings. The third-order valence-corrected chi connectivity index (χ3v) is 4.16. The van der Waals surface area contributed by atoms with Crippen molar-refractivity contribution in [2.45, 2.75) is 25.8 Å². The van der Waals surface area contributed by atoms with Crippen molar-refractivity contribution in [2.75, 3.05) is 11.1 Å². The summed E-state index contributed by atoms with van der Waals surface area (Å²) in [4.78, 5) is 2.93. The number of hydrogen-bond acceptors (Lipinski definition) is 5. The molecule has 3 N–H and O–H groups in total. The SMILES string of the molecule is Nc1ccc(NCc2cc3c(s2)CCC3)nn1. The highest BCUT2D eigenvalue weighted by Crippen LogP contribution is 2.30. The first-order chi connectivity index (χ1) is 8.31. The van der Waals surface area contributed by atoms with E-state index >= 15 is 0 Å². The van der Waals surface area contributed by atoms with Crippen molar-refractivity contribution >= 4 is 23.0 Å². The van der Waals surface area contributed by atoms with Crippen LogP contribution in [0.1, 0.15) is 21.7 Å². The fourth-order valence-corrected chi connectivity index (χ4v) is 3.29. The van der Waals surface area contributed by atoms with Crippen molar-refractivity contribution in [2.24, 2.45) is 0 Å². The molecule has 2 heterocycles. The molecule has 5 heteroatoms. The molecule has 2 aromatic rings. The van der Waals surface area contributed by atoms with Crippen LogP contribution < -0.4 is 11.1 Å². The standard InChI is InChI=1S/C12H14N4S/c13-11-4-5-12(16-15-11)14-7-9-6-8-2-1-3-10(8)17-9/h4-6H,1-3,7H2,(H2,13,15)(H,14,16). The molecule has 0 saturated heterocycles. The highest BCUT2D eigenvalue weighted by atomic mass is 32.1. The van der Waals surface area contributed by atoms with Crippen LogP contribution in [-0.2, 0) is 19.4 Å². The van der Waals surface area contributed by atoms with Gasteiger partial charge in [0.05, 0.1) is 6.54 Å². The van der Waals surface area contributed by atoms with E-state index in [0.29, 0.717) is 5.82 Å². The van der Waals surface area contributed by atoms with Gasteiger partial charge in [-0.15, -0.1) is 21.5 Å². The molecule has 0 bridgehead atoms. The maximum atomic E-state index is 5.48. The van der Waals surface area contributed by atoms with Gasteiger partial charge in [0.2, 0.25) is 0 Å². The minimum absolute atomic E-state index is 0.450. The molecule has 0 aromatic carbocycles. The van der Waals surface area contributed by atoms with Gasteiger partial charge in [-0.3, -0.25) is 0 Å². The second-order valence-electron chi connectivity index (χ2n) is 4.21. The van der Waals surface area contributed by atoms with Crippen LogP contribution >= 0.6 is 11.3 Å². The second-order valence-corrected chi connectivity index (χ2v) is 5.43. The summed E-state index contributed by atoms with van der Waals surface area (Å²) < 4.78 is 0.